The first-order chi connectivity index (χ1) is 42.3. The van der Waals surface area contributed by atoms with E-state index in [0.29, 0.717) is 12.8 Å². The highest BCUT2D eigenvalue weighted by Gasteiger charge is 2.35. The van der Waals surface area contributed by atoms with Crippen molar-refractivity contribution >= 4 is 83.2 Å². The minimum absolute atomic E-state index is 0.0171. The average Bonchev–Trinajstić information content (AvgIpc) is 4.33. The summed E-state index contributed by atoms with van der Waals surface area (Å²) in [6.07, 6.45) is 2.97. The molecular formula is C66H60O22. The van der Waals surface area contributed by atoms with Gasteiger partial charge in [0.25, 0.3) is 0 Å². The summed E-state index contributed by atoms with van der Waals surface area (Å²) in [5.41, 5.74) is -0.349. The first-order valence-electron chi connectivity index (χ1n) is 28.2. The maximum Gasteiger partial charge on any atom is 0.346 e. The van der Waals surface area contributed by atoms with Crippen molar-refractivity contribution in [2.45, 2.75) is 108 Å². The van der Waals surface area contributed by atoms with Gasteiger partial charge in [0.1, 0.15) is 23.0 Å². The fourth-order valence-corrected chi connectivity index (χ4v) is 8.19. The SMILES string of the molecule is CC.CC.CC.CC.CCCCC(=O)c1cc(OC(=O)c2ccc3c(c2)C(=O)OC3=O)cc(OC(=O)c2ccc3c(c2)C(=O)OC3=O)c1.CCCCC(=O)c1cc(OC(=O)c2ccc3c(c2)C(=O)OC3=O)ccc1OC(=O)c1ccc2c(c1)C(=O)OC2=O. The molecule has 0 radical (unpaired) electrons. The van der Waals surface area contributed by atoms with Crippen LogP contribution in [0, 0.1) is 0 Å². The average molecular weight is 1210 g/mol. The van der Waals surface area contributed by atoms with Gasteiger partial charge in [0.05, 0.1) is 72.3 Å². The van der Waals surface area contributed by atoms with E-state index in [0.717, 1.165) is 25.0 Å². The number of esters is 12. The number of fused-ring (bicyclic) bond motifs is 4. The van der Waals surface area contributed by atoms with Crippen molar-refractivity contribution in [1.29, 1.82) is 0 Å². The van der Waals surface area contributed by atoms with E-state index >= 15 is 0 Å². The zero-order valence-corrected chi connectivity index (χ0v) is 49.6. The minimum Gasteiger partial charge on any atom is -0.423 e. The zero-order chi connectivity index (χ0) is 65.1. The first-order valence-corrected chi connectivity index (χ1v) is 28.2. The van der Waals surface area contributed by atoms with Crippen LogP contribution in [-0.2, 0) is 18.9 Å². The standard InChI is InChI=1S/2C29H18O11.4C2H6/c1-2-3-4-22(30)21-13-16(37-24(31)14-5-8-17-19(11-14)28(35)39-26(17)33)7-10-23(21)38-25(32)15-6-9-18-20(12-15)29(36)40-27(18)34;1-2-3-4-23(30)16-9-17(37-24(31)14-5-7-19-21(11-14)28(35)39-26(19)33)13-18(10-16)38-25(32)15-6-8-20-22(12-15)29(36)40-27(20)34;4*1-2/h2*5-13H,2-4H2,1H3;4*1-2H3. The summed E-state index contributed by atoms with van der Waals surface area (Å²) in [5.74, 6) is -11.5. The van der Waals surface area contributed by atoms with Crippen molar-refractivity contribution in [3.8, 4) is 23.0 Å². The normalized spacial score (nSPS) is 12.4. The summed E-state index contributed by atoms with van der Waals surface area (Å²) >= 11 is 0. The van der Waals surface area contributed by atoms with Crippen LogP contribution in [0.3, 0.4) is 0 Å². The molecule has 4 heterocycles. The van der Waals surface area contributed by atoms with Gasteiger partial charge in [-0.1, -0.05) is 82.1 Å². The Labute approximate surface area is 504 Å². The van der Waals surface area contributed by atoms with Gasteiger partial charge in [-0.3, -0.25) is 9.59 Å². The Balaban J connectivity index is 0.000000288. The molecule has 0 amide bonds. The molecule has 4 aliphatic rings. The number of cyclic esters (lactones) is 8. The predicted octanol–water partition coefficient (Wildman–Crippen LogP) is 12.3. The highest BCUT2D eigenvalue weighted by atomic mass is 16.6. The van der Waals surface area contributed by atoms with Gasteiger partial charge in [-0.25, -0.2) is 57.5 Å². The van der Waals surface area contributed by atoms with Crippen LogP contribution in [0.5, 0.6) is 23.0 Å². The van der Waals surface area contributed by atoms with Gasteiger partial charge in [-0.15, -0.1) is 0 Å². The number of rotatable bonds is 16. The molecule has 4 aliphatic heterocycles. The number of ketones is 2. The lowest BCUT2D eigenvalue weighted by molar-refractivity contribution is 0.0425. The molecule has 22 nitrogen and oxygen atoms in total. The van der Waals surface area contributed by atoms with Gasteiger partial charge in [-0.2, -0.15) is 0 Å². The lowest BCUT2D eigenvalue weighted by atomic mass is 10.0. The van der Waals surface area contributed by atoms with Crippen molar-refractivity contribution in [2.75, 3.05) is 0 Å². The molecule has 88 heavy (non-hydrogen) atoms. The number of hydrogen-bond donors (Lipinski definition) is 0. The van der Waals surface area contributed by atoms with E-state index in [1.165, 1.54) is 97.1 Å². The van der Waals surface area contributed by atoms with E-state index in [-0.39, 0.29) is 125 Å². The first kappa shape index (κ1) is 67.9. The zero-order valence-electron chi connectivity index (χ0n) is 49.6. The topological polar surface area (TPSA) is 313 Å². The maximum atomic E-state index is 13.0. The van der Waals surface area contributed by atoms with Gasteiger partial charge < -0.3 is 37.9 Å². The minimum atomic E-state index is -0.910. The molecule has 0 saturated heterocycles. The third-order valence-corrected chi connectivity index (χ3v) is 12.3. The summed E-state index contributed by atoms with van der Waals surface area (Å²) in [5, 5.41) is 0. The number of ether oxygens (including phenoxy) is 8. The van der Waals surface area contributed by atoms with E-state index in [2.05, 4.69) is 18.9 Å². The molecule has 0 atom stereocenters. The molecule has 6 aromatic rings. The molecule has 0 spiro atoms. The van der Waals surface area contributed by atoms with Crippen LogP contribution < -0.4 is 18.9 Å². The van der Waals surface area contributed by atoms with E-state index < -0.39 is 71.6 Å². The molecule has 22 heteroatoms. The van der Waals surface area contributed by atoms with E-state index in [1.54, 1.807) is 0 Å². The molecule has 0 N–H and O–H groups in total. The van der Waals surface area contributed by atoms with Gasteiger partial charge in [0.2, 0.25) is 0 Å². The molecule has 456 valence electrons. The van der Waals surface area contributed by atoms with Crippen molar-refractivity contribution < 1.29 is 105 Å². The Morgan fingerprint density at radius 3 is 0.932 bits per heavy atom. The van der Waals surface area contributed by atoms with Crippen molar-refractivity contribution in [1.82, 2.24) is 0 Å². The van der Waals surface area contributed by atoms with Crippen LogP contribution in [0.2, 0.25) is 0 Å². The number of unbranched alkanes of at least 4 members (excludes halogenated alkanes) is 2. The van der Waals surface area contributed by atoms with E-state index in [9.17, 15) is 67.1 Å². The maximum absolute atomic E-state index is 13.0. The highest BCUT2D eigenvalue weighted by molar-refractivity contribution is 6.18. The monoisotopic (exact) mass is 1200 g/mol. The van der Waals surface area contributed by atoms with Gasteiger partial charge in [0, 0.05) is 24.5 Å². The lowest BCUT2D eigenvalue weighted by Gasteiger charge is -2.12. The smallest absolute Gasteiger partial charge is 0.346 e. The van der Waals surface area contributed by atoms with Crippen LogP contribution >= 0.6 is 0 Å². The number of benzene rings is 6. The summed E-state index contributed by atoms with van der Waals surface area (Å²) in [7, 11) is 0. The van der Waals surface area contributed by atoms with Crippen molar-refractivity contribution in [2.24, 2.45) is 0 Å². The Morgan fingerprint density at radius 2 is 0.602 bits per heavy atom. The molecule has 6 aromatic carbocycles. The Morgan fingerprint density at radius 1 is 0.307 bits per heavy atom. The fourth-order valence-electron chi connectivity index (χ4n) is 8.19. The third-order valence-electron chi connectivity index (χ3n) is 12.3. The van der Waals surface area contributed by atoms with Crippen molar-refractivity contribution in [3.05, 3.63) is 187 Å². The van der Waals surface area contributed by atoms with Gasteiger partial charge in [-0.05, 0) is 116 Å². The van der Waals surface area contributed by atoms with Gasteiger partial charge >= 0.3 is 71.6 Å². The van der Waals surface area contributed by atoms with Crippen LogP contribution in [0.4, 0.5) is 0 Å². The van der Waals surface area contributed by atoms with E-state index in [1.807, 2.05) is 69.2 Å². The molecule has 0 saturated carbocycles. The van der Waals surface area contributed by atoms with E-state index in [4.69, 9.17) is 18.9 Å². The van der Waals surface area contributed by atoms with Gasteiger partial charge in [0.15, 0.2) is 11.6 Å². The summed E-state index contributed by atoms with van der Waals surface area (Å²) in [4.78, 5) is 171. The van der Waals surface area contributed by atoms with Crippen LogP contribution in [0.15, 0.2) is 109 Å². The van der Waals surface area contributed by atoms with Crippen LogP contribution in [0.1, 0.15) is 253 Å². The molecule has 10 rings (SSSR count). The Bertz CT molecular complexity index is 3720. The number of Topliss-reactive ketones (excluding diaryl/α,β-unsaturated/α-hetero) is 2. The molecule has 0 aromatic heterocycles. The largest absolute Gasteiger partial charge is 0.423 e. The molecule has 0 unspecified atom stereocenters. The molecule has 0 aliphatic carbocycles. The Kier molecular flexibility index (Phi) is 24.1. The number of carbonyl (C=O) groups excluding carboxylic acids is 14. The molecule has 0 bridgehead atoms. The highest BCUT2D eigenvalue weighted by Crippen LogP contribution is 2.32. The number of carbonyl (C=O) groups is 14. The summed E-state index contributed by atoms with van der Waals surface area (Å²) < 4.78 is 39.8. The number of hydrogen-bond acceptors (Lipinski definition) is 22. The van der Waals surface area contributed by atoms with Crippen LogP contribution in [-0.4, -0.2) is 83.2 Å². The Hall–Kier alpha value is -10.9. The molecular weight excluding hydrogens is 1140 g/mol. The summed E-state index contributed by atoms with van der Waals surface area (Å²) in [6, 6.07) is 22.5. The van der Waals surface area contributed by atoms with Crippen LogP contribution in [0.25, 0.3) is 0 Å². The second-order valence-electron chi connectivity index (χ2n) is 17.7. The quantitative estimate of drug-likeness (QED) is 0.0286. The second kappa shape index (κ2) is 31.3. The van der Waals surface area contributed by atoms with Crippen molar-refractivity contribution in [3.63, 3.8) is 0 Å². The molecule has 0 fully saturated rings. The summed E-state index contributed by atoms with van der Waals surface area (Å²) in [6.45, 7) is 19.8. The predicted molar refractivity (Wildman–Crippen MR) is 311 cm³/mol. The third kappa shape index (κ3) is 15.7. The fraction of sp³-hybridized carbons (Fsp3) is 0.242. The second-order valence-corrected chi connectivity index (χ2v) is 17.7. The lowest BCUT2D eigenvalue weighted by Crippen LogP contribution is -2.14.